The SMILES string of the molecule is CC1CC(C)C(C(N)=O)C(c2ccco2)N1. The van der Waals surface area contributed by atoms with Gasteiger partial charge in [-0.05, 0) is 31.4 Å². The molecule has 1 fully saturated rings. The van der Waals surface area contributed by atoms with E-state index in [2.05, 4.69) is 19.2 Å². The van der Waals surface area contributed by atoms with E-state index >= 15 is 0 Å². The first kappa shape index (κ1) is 11.2. The Morgan fingerprint density at radius 2 is 2.31 bits per heavy atom. The van der Waals surface area contributed by atoms with E-state index in [1.807, 2.05) is 12.1 Å². The number of hydrogen-bond donors (Lipinski definition) is 2. The lowest BCUT2D eigenvalue weighted by Gasteiger charge is -2.37. The summed E-state index contributed by atoms with van der Waals surface area (Å²) >= 11 is 0. The Morgan fingerprint density at radius 1 is 1.56 bits per heavy atom. The maximum Gasteiger partial charge on any atom is 0.222 e. The molecule has 2 heterocycles. The van der Waals surface area contributed by atoms with Gasteiger partial charge in [-0.3, -0.25) is 4.79 Å². The molecule has 0 bridgehead atoms. The number of amides is 1. The van der Waals surface area contributed by atoms with E-state index in [9.17, 15) is 4.79 Å². The van der Waals surface area contributed by atoms with E-state index in [4.69, 9.17) is 10.2 Å². The van der Waals surface area contributed by atoms with E-state index in [0.717, 1.165) is 12.2 Å². The van der Waals surface area contributed by atoms with E-state index in [-0.39, 0.29) is 23.8 Å². The van der Waals surface area contributed by atoms with Crippen molar-refractivity contribution >= 4 is 5.91 Å². The first-order chi connectivity index (χ1) is 7.59. The highest BCUT2D eigenvalue weighted by Gasteiger charge is 2.39. The van der Waals surface area contributed by atoms with Crippen molar-refractivity contribution in [1.82, 2.24) is 5.32 Å². The molecule has 1 aromatic rings. The number of piperidine rings is 1. The molecule has 0 spiro atoms. The largest absolute Gasteiger partial charge is 0.468 e. The number of nitrogens with one attached hydrogen (secondary N) is 1. The topological polar surface area (TPSA) is 68.3 Å². The van der Waals surface area contributed by atoms with Crippen LogP contribution >= 0.6 is 0 Å². The lowest BCUT2D eigenvalue weighted by molar-refractivity contribution is -0.125. The number of rotatable bonds is 2. The molecule has 1 amide bonds. The van der Waals surface area contributed by atoms with Crippen molar-refractivity contribution in [1.29, 1.82) is 0 Å². The fraction of sp³-hybridized carbons (Fsp3) is 0.583. The Morgan fingerprint density at radius 3 is 2.88 bits per heavy atom. The number of carbonyl (C=O) groups excluding carboxylic acids is 1. The molecule has 0 saturated carbocycles. The predicted octanol–water partition coefficient (Wildman–Crippen LogP) is 1.44. The van der Waals surface area contributed by atoms with Crippen LogP contribution in [0.3, 0.4) is 0 Å². The van der Waals surface area contributed by atoms with Gasteiger partial charge < -0.3 is 15.5 Å². The summed E-state index contributed by atoms with van der Waals surface area (Å²) in [4.78, 5) is 11.5. The summed E-state index contributed by atoms with van der Waals surface area (Å²) in [5.41, 5.74) is 5.48. The van der Waals surface area contributed by atoms with Gasteiger partial charge in [0.1, 0.15) is 5.76 Å². The molecule has 4 unspecified atom stereocenters. The minimum Gasteiger partial charge on any atom is -0.468 e. The Kier molecular flexibility index (Phi) is 3.01. The number of furan rings is 1. The molecule has 4 nitrogen and oxygen atoms in total. The molecular formula is C12H18N2O2. The van der Waals surface area contributed by atoms with Gasteiger partial charge in [0.15, 0.2) is 0 Å². The monoisotopic (exact) mass is 222 g/mol. The highest BCUT2D eigenvalue weighted by molar-refractivity contribution is 5.78. The van der Waals surface area contributed by atoms with Crippen molar-refractivity contribution in [3.63, 3.8) is 0 Å². The van der Waals surface area contributed by atoms with Gasteiger partial charge in [-0.25, -0.2) is 0 Å². The van der Waals surface area contributed by atoms with E-state index < -0.39 is 0 Å². The molecule has 16 heavy (non-hydrogen) atoms. The first-order valence-corrected chi connectivity index (χ1v) is 5.68. The lowest BCUT2D eigenvalue weighted by Crippen LogP contribution is -2.48. The molecule has 0 aromatic carbocycles. The van der Waals surface area contributed by atoms with E-state index in [1.165, 1.54) is 0 Å². The molecule has 4 atom stereocenters. The minimum absolute atomic E-state index is 0.0914. The van der Waals surface area contributed by atoms with Crippen LogP contribution in [-0.4, -0.2) is 11.9 Å². The smallest absolute Gasteiger partial charge is 0.222 e. The van der Waals surface area contributed by atoms with Gasteiger partial charge in [0.05, 0.1) is 18.2 Å². The maximum absolute atomic E-state index is 11.5. The third-order valence-corrected chi connectivity index (χ3v) is 3.34. The van der Waals surface area contributed by atoms with Crippen molar-refractivity contribution in [2.24, 2.45) is 17.6 Å². The van der Waals surface area contributed by atoms with Gasteiger partial charge in [0.2, 0.25) is 5.91 Å². The molecular weight excluding hydrogens is 204 g/mol. The molecule has 2 rings (SSSR count). The Bertz CT molecular complexity index is 361. The lowest BCUT2D eigenvalue weighted by atomic mass is 9.78. The van der Waals surface area contributed by atoms with Crippen LogP contribution < -0.4 is 11.1 Å². The second kappa shape index (κ2) is 4.29. The molecule has 1 saturated heterocycles. The third-order valence-electron chi connectivity index (χ3n) is 3.34. The summed E-state index contributed by atoms with van der Waals surface area (Å²) in [6, 6.07) is 4.00. The molecule has 1 aliphatic rings. The summed E-state index contributed by atoms with van der Waals surface area (Å²) in [5.74, 6) is 0.627. The zero-order valence-electron chi connectivity index (χ0n) is 9.64. The van der Waals surface area contributed by atoms with Crippen LogP contribution in [0.25, 0.3) is 0 Å². The normalized spacial score (nSPS) is 34.9. The summed E-state index contributed by atoms with van der Waals surface area (Å²) in [6.07, 6.45) is 2.59. The maximum atomic E-state index is 11.5. The number of primary amides is 1. The average molecular weight is 222 g/mol. The van der Waals surface area contributed by atoms with Crippen LogP contribution in [0.2, 0.25) is 0 Å². The van der Waals surface area contributed by atoms with Crippen molar-refractivity contribution in [3.8, 4) is 0 Å². The quantitative estimate of drug-likeness (QED) is 0.795. The van der Waals surface area contributed by atoms with Gasteiger partial charge >= 0.3 is 0 Å². The van der Waals surface area contributed by atoms with Gasteiger partial charge in [-0.1, -0.05) is 6.92 Å². The zero-order chi connectivity index (χ0) is 11.7. The molecule has 0 radical (unpaired) electrons. The van der Waals surface area contributed by atoms with Crippen molar-refractivity contribution in [2.45, 2.75) is 32.4 Å². The predicted molar refractivity (Wildman–Crippen MR) is 60.5 cm³/mol. The molecule has 1 aromatic heterocycles. The number of hydrogen-bond acceptors (Lipinski definition) is 3. The van der Waals surface area contributed by atoms with Crippen LogP contribution in [0.1, 0.15) is 32.1 Å². The second-order valence-electron chi connectivity index (χ2n) is 4.70. The Hall–Kier alpha value is -1.29. The van der Waals surface area contributed by atoms with Crippen LogP contribution in [-0.2, 0) is 4.79 Å². The number of nitrogens with two attached hydrogens (primary N) is 1. The summed E-state index contributed by atoms with van der Waals surface area (Å²) < 4.78 is 5.38. The summed E-state index contributed by atoms with van der Waals surface area (Å²) in [5, 5.41) is 3.39. The Labute approximate surface area is 95.2 Å². The van der Waals surface area contributed by atoms with Gasteiger partial charge in [-0.15, -0.1) is 0 Å². The van der Waals surface area contributed by atoms with Crippen LogP contribution in [0.15, 0.2) is 22.8 Å². The standard InChI is InChI=1S/C12H18N2O2/c1-7-6-8(2)14-11(10(7)12(13)15)9-4-3-5-16-9/h3-5,7-8,10-11,14H,6H2,1-2H3,(H2,13,15). The van der Waals surface area contributed by atoms with Crippen LogP contribution in [0, 0.1) is 11.8 Å². The fourth-order valence-electron chi connectivity index (χ4n) is 2.68. The molecule has 0 aliphatic carbocycles. The highest BCUT2D eigenvalue weighted by atomic mass is 16.3. The fourth-order valence-corrected chi connectivity index (χ4v) is 2.68. The average Bonchev–Trinajstić information content (AvgIpc) is 2.67. The minimum atomic E-state index is -0.256. The van der Waals surface area contributed by atoms with Crippen molar-refractivity contribution in [2.75, 3.05) is 0 Å². The zero-order valence-corrected chi connectivity index (χ0v) is 9.64. The molecule has 3 N–H and O–H groups in total. The van der Waals surface area contributed by atoms with E-state index in [0.29, 0.717) is 6.04 Å². The van der Waals surface area contributed by atoms with E-state index in [1.54, 1.807) is 6.26 Å². The summed E-state index contributed by atoms with van der Waals surface area (Å²) in [7, 11) is 0. The Balaban J connectivity index is 2.28. The van der Waals surface area contributed by atoms with Crippen LogP contribution in [0.5, 0.6) is 0 Å². The van der Waals surface area contributed by atoms with Gasteiger partial charge in [0, 0.05) is 6.04 Å². The molecule has 88 valence electrons. The molecule has 1 aliphatic heterocycles. The van der Waals surface area contributed by atoms with Gasteiger partial charge in [0.25, 0.3) is 0 Å². The molecule has 4 heteroatoms. The number of carbonyl (C=O) groups is 1. The second-order valence-corrected chi connectivity index (χ2v) is 4.70. The van der Waals surface area contributed by atoms with Crippen molar-refractivity contribution in [3.05, 3.63) is 24.2 Å². The first-order valence-electron chi connectivity index (χ1n) is 5.68. The van der Waals surface area contributed by atoms with Crippen molar-refractivity contribution < 1.29 is 9.21 Å². The van der Waals surface area contributed by atoms with Gasteiger partial charge in [-0.2, -0.15) is 0 Å². The highest BCUT2D eigenvalue weighted by Crippen LogP contribution is 2.35. The third kappa shape index (κ3) is 1.97. The summed E-state index contributed by atoms with van der Waals surface area (Å²) in [6.45, 7) is 4.19. The van der Waals surface area contributed by atoms with Crippen LogP contribution in [0.4, 0.5) is 0 Å².